The van der Waals surface area contributed by atoms with Crippen molar-refractivity contribution in [3.8, 4) is 0 Å². The minimum atomic E-state index is -1.04. The van der Waals surface area contributed by atoms with Gasteiger partial charge in [0.2, 0.25) is 0 Å². The van der Waals surface area contributed by atoms with Crippen LogP contribution in [0.25, 0.3) is 16.0 Å². The van der Waals surface area contributed by atoms with E-state index in [4.69, 9.17) is 11.6 Å². The molecule has 3 aromatic carbocycles. The first kappa shape index (κ1) is 23.7. The number of aliphatic hydroxyl groups excluding tert-OH is 1. The van der Waals surface area contributed by atoms with Gasteiger partial charge in [0, 0.05) is 22.7 Å². The number of aryl methyl sites for hydroxylation is 2. The summed E-state index contributed by atoms with van der Waals surface area (Å²) in [5, 5.41) is 23.1. The summed E-state index contributed by atoms with van der Waals surface area (Å²) in [7, 11) is 0. The Kier molecular flexibility index (Phi) is 5.82. The van der Waals surface area contributed by atoms with Crippen LogP contribution in [0.5, 0.6) is 0 Å². The van der Waals surface area contributed by atoms with Crippen molar-refractivity contribution in [1.29, 1.82) is 0 Å². The van der Waals surface area contributed by atoms with Crippen LogP contribution in [0.2, 0.25) is 5.02 Å². The molecule has 1 aliphatic rings. The summed E-state index contributed by atoms with van der Waals surface area (Å²) in [4.78, 5) is 43.2. The average Bonchev–Trinajstić information content (AvgIpc) is 3.38. The Bertz CT molecular complexity index is 1590. The van der Waals surface area contributed by atoms with Gasteiger partial charge in [0.15, 0.2) is 5.13 Å². The van der Waals surface area contributed by atoms with E-state index in [9.17, 15) is 24.8 Å². The van der Waals surface area contributed by atoms with Gasteiger partial charge in [0.25, 0.3) is 11.5 Å². The van der Waals surface area contributed by atoms with Crippen LogP contribution in [-0.4, -0.2) is 26.7 Å². The Labute approximate surface area is 214 Å². The van der Waals surface area contributed by atoms with Gasteiger partial charge in [-0.15, -0.1) is 0 Å². The number of hydrogen-bond donors (Lipinski definition) is 1. The third-order valence-corrected chi connectivity index (χ3v) is 7.26. The number of anilines is 1. The molecule has 36 heavy (non-hydrogen) atoms. The molecule has 10 heteroatoms. The highest BCUT2D eigenvalue weighted by molar-refractivity contribution is 7.22. The molecule has 0 unspecified atom stereocenters. The Morgan fingerprint density at radius 3 is 2.39 bits per heavy atom. The summed E-state index contributed by atoms with van der Waals surface area (Å²) < 4.78 is 0.851. The first-order chi connectivity index (χ1) is 17.2. The first-order valence-corrected chi connectivity index (χ1v) is 12.0. The Balaban J connectivity index is 1.73. The van der Waals surface area contributed by atoms with Crippen LogP contribution in [0.4, 0.5) is 10.8 Å². The monoisotopic (exact) mass is 519 g/mol. The number of Topliss-reactive ketones (excluding diaryl/α,β-unsaturated/α-hetero) is 1. The number of amides is 1. The second-order valence-electron chi connectivity index (χ2n) is 8.45. The number of non-ortho nitro benzene ring substituents is 1. The molecule has 1 fully saturated rings. The molecule has 0 aliphatic carbocycles. The minimum absolute atomic E-state index is 0.136. The first-order valence-electron chi connectivity index (χ1n) is 10.8. The molecule has 5 rings (SSSR count). The van der Waals surface area contributed by atoms with Gasteiger partial charge in [0.05, 0.1) is 26.8 Å². The summed E-state index contributed by atoms with van der Waals surface area (Å²) in [6.07, 6.45) is 0. The zero-order chi connectivity index (χ0) is 25.7. The Hall–Kier alpha value is -4.08. The van der Waals surface area contributed by atoms with E-state index < -0.39 is 22.7 Å². The van der Waals surface area contributed by atoms with Crippen LogP contribution in [0.3, 0.4) is 0 Å². The van der Waals surface area contributed by atoms with E-state index in [2.05, 4.69) is 4.98 Å². The Morgan fingerprint density at radius 1 is 1.08 bits per heavy atom. The van der Waals surface area contributed by atoms with E-state index in [-0.39, 0.29) is 17.0 Å². The number of nitro benzene ring substituents is 1. The molecule has 0 saturated carbocycles. The number of carbonyl (C=O) groups excluding carboxylic acids is 2. The van der Waals surface area contributed by atoms with Crippen molar-refractivity contribution >= 4 is 61.4 Å². The van der Waals surface area contributed by atoms with Crippen LogP contribution in [0.15, 0.2) is 66.2 Å². The maximum Gasteiger partial charge on any atom is 0.301 e. The van der Waals surface area contributed by atoms with Gasteiger partial charge in [-0.1, -0.05) is 29.0 Å². The molecule has 2 heterocycles. The fourth-order valence-corrected chi connectivity index (χ4v) is 5.64. The topological polar surface area (TPSA) is 114 Å². The molecule has 0 radical (unpaired) electrons. The molecule has 4 aromatic rings. The molecular weight excluding hydrogens is 502 g/mol. The van der Waals surface area contributed by atoms with Crippen molar-refractivity contribution in [1.82, 2.24) is 4.98 Å². The fourth-order valence-electron chi connectivity index (χ4n) is 4.35. The number of carbonyl (C=O) groups is 2. The average molecular weight is 520 g/mol. The molecule has 1 aliphatic heterocycles. The number of thiazole rings is 1. The Morgan fingerprint density at radius 2 is 1.75 bits per heavy atom. The van der Waals surface area contributed by atoms with E-state index in [1.165, 1.54) is 40.5 Å². The van der Waals surface area contributed by atoms with Crippen LogP contribution >= 0.6 is 22.9 Å². The minimum Gasteiger partial charge on any atom is -0.507 e. The highest BCUT2D eigenvalue weighted by atomic mass is 35.5. The van der Waals surface area contributed by atoms with Crippen molar-refractivity contribution in [2.45, 2.75) is 19.9 Å². The largest absolute Gasteiger partial charge is 0.507 e. The lowest BCUT2D eigenvalue weighted by Gasteiger charge is -2.22. The predicted molar refractivity (Wildman–Crippen MR) is 138 cm³/mol. The fraction of sp³-hybridized carbons (Fsp3) is 0.115. The van der Waals surface area contributed by atoms with E-state index in [1.807, 2.05) is 26.0 Å². The lowest BCUT2D eigenvalue weighted by Crippen LogP contribution is -2.29. The molecular formula is C26H18ClN3O5S. The van der Waals surface area contributed by atoms with E-state index in [1.54, 1.807) is 24.3 Å². The summed E-state index contributed by atoms with van der Waals surface area (Å²) in [5.41, 5.74) is 3.12. The van der Waals surface area contributed by atoms with Gasteiger partial charge < -0.3 is 5.11 Å². The highest BCUT2D eigenvalue weighted by Gasteiger charge is 2.48. The second-order valence-corrected chi connectivity index (χ2v) is 9.90. The molecule has 1 atom stereocenters. The van der Waals surface area contributed by atoms with Gasteiger partial charge in [-0.3, -0.25) is 24.6 Å². The van der Waals surface area contributed by atoms with Crippen molar-refractivity contribution in [2.24, 2.45) is 0 Å². The maximum atomic E-state index is 13.4. The molecule has 1 N–H and O–H groups in total. The number of nitrogens with zero attached hydrogens (tertiary/aromatic N) is 3. The van der Waals surface area contributed by atoms with Crippen molar-refractivity contribution in [2.75, 3.05) is 4.90 Å². The SMILES string of the molecule is Cc1cc(C)c2nc(N3C(=O)C(=O)/C(=C(/O)c4ccc(Cl)cc4)[C@H]3c3ccc([N+](=O)[O-])cc3)sc2c1. The van der Waals surface area contributed by atoms with Gasteiger partial charge in [-0.2, -0.15) is 0 Å². The number of halogens is 1. The van der Waals surface area contributed by atoms with Crippen LogP contribution in [-0.2, 0) is 9.59 Å². The number of benzene rings is 3. The third-order valence-electron chi connectivity index (χ3n) is 6.01. The van der Waals surface area contributed by atoms with E-state index in [0.717, 1.165) is 15.8 Å². The van der Waals surface area contributed by atoms with Gasteiger partial charge >= 0.3 is 5.91 Å². The summed E-state index contributed by atoms with van der Waals surface area (Å²) in [6.45, 7) is 3.88. The van der Waals surface area contributed by atoms with Crippen molar-refractivity contribution in [3.63, 3.8) is 0 Å². The van der Waals surface area contributed by atoms with Gasteiger partial charge in [0.1, 0.15) is 5.76 Å². The number of fused-ring (bicyclic) bond motifs is 1. The smallest absolute Gasteiger partial charge is 0.301 e. The number of ketones is 1. The molecule has 0 bridgehead atoms. The summed E-state index contributed by atoms with van der Waals surface area (Å²) >= 11 is 7.23. The summed E-state index contributed by atoms with van der Waals surface area (Å²) in [5.74, 6) is -2.09. The number of aliphatic hydroxyl groups is 1. The van der Waals surface area contributed by atoms with E-state index >= 15 is 0 Å². The standard InChI is InChI=1S/C26H18ClN3O5S/c1-13-11-14(2)21-19(12-13)36-26(28-21)29-22(15-5-9-18(10-6-15)30(34)35)20(24(32)25(29)33)23(31)16-3-7-17(27)8-4-16/h3-12,22,31H,1-2H3/b23-20+/t22-/m1/s1. The van der Waals surface area contributed by atoms with Crippen molar-refractivity contribution < 1.29 is 19.6 Å². The maximum absolute atomic E-state index is 13.4. The molecule has 8 nitrogen and oxygen atoms in total. The number of aromatic nitrogens is 1. The van der Waals surface area contributed by atoms with Gasteiger partial charge in [-0.25, -0.2) is 4.98 Å². The van der Waals surface area contributed by atoms with Crippen molar-refractivity contribution in [3.05, 3.63) is 104 Å². The molecule has 1 saturated heterocycles. The predicted octanol–water partition coefficient (Wildman–Crippen LogP) is 6.10. The zero-order valence-corrected chi connectivity index (χ0v) is 20.6. The number of hydrogen-bond acceptors (Lipinski definition) is 7. The normalized spacial score (nSPS) is 17.2. The zero-order valence-electron chi connectivity index (χ0n) is 19.1. The molecule has 1 amide bonds. The molecule has 0 spiro atoms. The molecule has 1 aromatic heterocycles. The second kappa shape index (κ2) is 8.85. The van der Waals surface area contributed by atoms with Gasteiger partial charge in [-0.05, 0) is 73.0 Å². The lowest BCUT2D eigenvalue weighted by molar-refractivity contribution is -0.384. The number of nitro groups is 1. The van der Waals surface area contributed by atoms with Crippen LogP contribution < -0.4 is 4.90 Å². The van der Waals surface area contributed by atoms with Crippen LogP contribution in [0.1, 0.15) is 28.3 Å². The lowest BCUT2D eigenvalue weighted by atomic mass is 9.95. The third kappa shape index (κ3) is 3.92. The number of rotatable bonds is 4. The highest BCUT2D eigenvalue weighted by Crippen LogP contribution is 2.45. The van der Waals surface area contributed by atoms with Crippen LogP contribution in [0, 0.1) is 24.0 Å². The van der Waals surface area contributed by atoms with E-state index in [0.29, 0.717) is 26.8 Å². The quantitative estimate of drug-likeness (QED) is 0.114. The molecule has 180 valence electrons. The summed E-state index contributed by atoms with van der Waals surface area (Å²) in [6, 6.07) is 14.6.